The van der Waals surface area contributed by atoms with E-state index >= 15 is 0 Å². The summed E-state index contributed by atoms with van der Waals surface area (Å²) in [5.41, 5.74) is 3.32. The second-order valence-electron chi connectivity index (χ2n) is 6.41. The van der Waals surface area contributed by atoms with Crippen LogP contribution in [-0.4, -0.2) is 30.4 Å². The highest BCUT2D eigenvalue weighted by Gasteiger charge is 2.15. The smallest absolute Gasteiger partial charge is 0.241 e. The van der Waals surface area contributed by atoms with Crippen molar-refractivity contribution in [2.75, 3.05) is 25.0 Å². The van der Waals surface area contributed by atoms with Crippen LogP contribution in [-0.2, 0) is 4.79 Å². The molecule has 3 nitrogen and oxygen atoms in total. The predicted octanol–water partition coefficient (Wildman–Crippen LogP) is 4.56. The van der Waals surface area contributed by atoms with Crippen molar-refractivity contribution >= 4 is 11.6 Å². The van der Waals surface area contributed by atoms with Gasteiger partial charge in [-0.3, -0.25) is 4.79 Å². The van der Waals surface area contributed by atoms with Crippen molar-refractivity contribution in [2.45, 2.75) is 32.1 Å². The molecule has 0 saturated carbocycles. The van der Waals surface area contributed by atoms with Crippen molar-refractivity contribution in [3.05, 3.63) is 54.6 Å². The Labute approximate surface area is 144 Å². The average molecular weight is 322 g/mol. The van der Waals surface area contributed by atoms with Crippen LogP contribution in [0.25, 0.3) is 11.1 Å². The number of nitrogens with one attached hydrogen (secondary N) is 1. The number of para-hydroxylation sites is 1. The quantitative estimate of drug-likeness (QED) is 0.895. The van der Waals surface area contributed by atoms with Gasteiger partial charge in [0.2, 0.25) is 5.91 Å². The number of hydrogen-bond donors (Lipinski definition) is 1. The highest BCUT2D eigenvalue weighted by molar-refractivity contribution is 5.84. The Kier molecular flexibility index (Phi) is 5.89. The van der Waals surface area contributed by atoms with Gasteiger partial charge in [0.1, 0.15) is 0 Å². The molecular formula is C21H26N2O. The van der Waals surface area contributed by atoms with Gasteiger partial charge in [0, 0.05) is 24.3 Å². The molecule has 1 amide bonds. The van der Waals surface area contributed by atoms with Crippen LogP contribution in [0.3, 0.4) is 0 Å². The van der Waals surface area contributed by atoms with E-state index in [4.69, 9.17) is 0 Å². The van der Waals surface area contributed by atoms with Crippen molar-refractivity contribution in [3.8, 4) is 11.1 Å². The summed E-state index contributed by atoms with van der Waals surface area (Å²) in [5, 5.41) is 3.35. The Morgan fingerprint density at radius 3 is 2.21 bits per heavy atom. The van der Waals surface area contributed by atoms with Gasteiger partial charge in [0.05, 0.1) is 6.54 Å². The first-order valence-corrected chi connectivity index (χ1v) is 9.01. The first-order chi connectivity index (χ1) is 11.8. The fraction of sp³-hybridized carbons (Fsp3) is 0.381. The third-order valence-corrected chi connectivity index (χ3v) is 4.65. The van der Waals surface area contributed by atoms with Gasteiger partial charge in [0.25, 0.3) is 0 Å². The van der Waals surface area contributed by atoms with Crippen LogP contribution >= 0.6 is 0 Å². The maximum atomic E-state index is 12.5. The number of carbonyl (C=O) groups excluding carboxylic acids is 1. The van der Waals surface area contributed by atoms with Gasteiger partial charge in [-0.2, -0.15) is 0 Å². The van der Waals surface area contributed by atoms with Crippen molar-refractivity contribution in [2.24, 2.45) is 0 Å². The standard InChI is InChI=1S/C21H26N2O/c24-21(23-15-9-2-1-3-10-16-23)17-22-20-14-8-7-13-19(20)18-11-5-4-6-12-18/h4-8,11-14,22H,1-3,9-10,15-17H2. The molecule has 1 heterocycles. The number of carbonyl (C=O) groups is 1. The van der Waals surface area contributed by atoms with Gasteiger partial charge in [-0.25, -0.2) is 0 Å². The monoisotopic (exact) mass is 322 g/mol. The molecule has 0 bridgehead atoms. The van der Waals surface area contributed by atoms with Gasteiger partial charge in [-0.1, -0.05) is 67.8 Å². The summed E-state index contributed by atoms with van der Waals surface area (Å²) in [6.07, 6.45) is 6.06. The lowest BCUT2D eigenvalue weighted by Crippen LogP contribution is -2.37. The van der Waals surface area contributed by atoms with Crippen LogP contribution < -0.4 is 5.32 Å². The van der Waals surface area contributed by atoms with Crippen LogP contribution in [0.4, 0.5) is 5.69 Å². The summed E-state index contributed by atoms with van der Waals surface area (Å²) in [7, 11) is 0. The molecule has 0 radical (unpaired) electrons. The second kappa shape index (κ2) is 8.53. The van der Waals surface area contributed by atoms with Crippen LogP contribution in [0.2, 0.25) is 0 Å². The first-order valence-electron chi connectivity index (χ1n) is 9.01. The Hall–Kier alpha value is -2.29. The van der Waals surface area contributed by atoms with Gasteiger partial charge in [0.15, 0.2) is 0 Å². The van der Waals surface area contributed by atoms with Gasteiger partial charge < -0.3 is 10.2 Å². The van der Waals surface area contributed by atoms with Gasteiger partial charge >= 0.3 is 0 Å². The van der Waals surface area contributed by atoms with E-state index in [-0.39, 0.29) is 5.91 Å². The molecule has 1 aliphatic heterocycles. The lowest BCUT2D eigenvalue weighted by Gasteiger charge is -2.25. The van der Waals surface area contributed by atoms with Crippen LogP contribution in [0.5, 0.6) is 0 Å². The molecule has 0 unspecified atom stereocenters. The van der Waals surface area contributed by atoms with Crippen molar-refractivity contribution in [3.63, 3.8) is 0 Å². The van der Waals surface area contributed by atoms with Crippen LogP contribution in [0.1, 0.15) is 32.1 Å². The molecule has 0 atom stereocenters. The number of anilines is 1. The van der Waals surface area contributed by atoms with E-state index in [0.29, 0.717) is 6.54 Å². The zero-order valence-electron chi connectivity index (χ0n) is 14.2. The van der Waals surface area contributed by atoms with E-state index in [1.54, 1.807) is 0 Å². The van der Waals surface area contributed by atoms with Crippen molar-refractivity contribution in [1.29, 1.82) is 0 Å². The molecule has 1 fully saturated rings. The molecule has 0 aromatic heterocycles. The van der Waals surface area contributed by atoms with E-state index in [1.807, 2.05) is 41.3 Å². The van der Waals surface area contributed by atoms with E-state index in [9.17, 15) is 4.79 Å². The highest BCUT2D eigenvalue weighted by atomic mass is 16.2. The highest BCUT2D eigenvalue weighted by Crippen LogP contribution is 2.27. The number of likely N-dealkylation sites (tertiary alicyclic amines) is 1. The third-order valence-electron chi connectivity index (χ3n) is 4.65. The molecule has 0 spiro atoms. The molecule has 3 heteroatoms. The Morgan fingerprint density at radius 2 is 1.46 bits per heavy atom. The lowest BCUT2D eigenvalue weighted by molar-refractivity contribution is -0.129. The maximum Gasteiger partial charge on any atom is 0.241 e. The maximum absolute atomic E-state index is 12.5. The predicted molar refractivity (Wildman–Crippen MR) is 100 cm³/mol. The Balaban J connectivity index is 1.65. The molecule has 3 rings (SSSR count). The molecular weight excluding hydrogens is 296 g/mol. The summed E-state index contributed by atoms with van der Waals surface area (Å²) in [4.78, 5) is 14.6. The summed E-state index contributed by atoms with van der Waals surface area (Å²) in [6, 6.07) is 18.5. The SMILES string of the molecule is O=C(CNc1ccccc1-c1ccccc1)N1CCCCCCC1. The molecule has 0 aliphatic carbocycles. The summed E-state index contributed by atoms with van der Waals surface area (Å²) < 4.78 is 0. The molecule has 1 aliphatic rings. The molecule has 1 N–H and O–H groups in total. The van der Waals surface area contributed by atoms with Gasteiger partial charge in [-0.15, -0.1) is 0 Å². The largest absolute Gasteiger partial charge is 0.376 e. The fourth-order valence-electron chi connectivity index (χ4n) is 3.29. The minimum absolute atomic E-state index is 0.208. The molecule has 24 heavy (non-hydrogen) atoms. The number of hydrogen-bond acceptors (Lipinski definition) is 2. The topological polar surface area (TPSA) is 32.3 Å². The molecule has 2 aromatic carbocycles. The molecule has 1 saturated heterocycles. The Morgan fingerprint density at radius 1 is 0.833 bits per heavy atom. The number of benzene rings is 2. The summed E-state index contributed by atoms with van der Waals surface area (Å²) in [5.74, 6) is 0.208. The lowest BCUT2D eigenvalue weighted by atomic mass is 10.0. The van der Waals surface area contributed by atoms with E-state index in [0.717, 1.165) is 37.2 Å². The number of amides is 1. The number of rotatable bonds is 4. The summed E-state index contributed by atoms with van der Waals surface area (Å²) in [6.45, 7) is 2.17. The Bertz CT molecular complexity index is 646. The normalized spacial score (nSPS) is 15.4. The van der Waals surface area contributed by atoms with Crippen molar-refractivity contribution in [1.82, 2.24) is 4.90 Å². The zero-order valence-corrected chi connectivity index (χ0v) is 14.2. The van der Waals surface area contributed by atoms with Crippen LogP contribution in [0.15, 0.2) is 54.6 Å². The van der Waals surface area contributed by atoms with E-state index < -0.39 is 0 Å². The molecule has 2 aromatic rings. The minimum Gasteiger partial charge on any atom is -0.376 e. The minimum atomic E-state index is 0.208. The number of nitrogens with zero attached hydrogens (tertiary/aromatic N) is 1. The van der Waals surface area contributed by atoms with E-state index in [1.165, 1.54) is 24.8 Å². The fourth-order valence-corrected chi connectivity index (χ4v) is 3.29. The first kappa shape index (κ1) is 16.6. The van der Waals surface area contributed by atoms with Gasteiger partial charge in [-0.05, 0) is 24.5 Å². The summed E-state index contributed by atoms with van der Waals surface area (Å²) >= 11 is 0. The second-order valence-corrected chi connectivity index (χ2v) is 6.41. The molecule has 126 valence electrons. The van der Waals surface area contributed by atoms with Crippen LogP contribution in [0, 0.1) is 0 Å². The van der Waals surface area contributed by atoms with Crippen molar-refractivity contribution < 1.29 is 4.79 Å². The zero-order chi connectivity index (χ0) is 16.6. The van der Waals surface area contributed by atoms with E-state index in [2.05, 4.69) is 23.5 Å². The third kappa shape index (κ3) is 4.38. The average Bonchev–Trinajstić information content (AvgIpc) is 2.60.